The number of esters is 2. The molecule has 1 rings (SSSR count). The van der Waals surface area contributed by atoms with Crippen molar-refractivity contribution in [3.8, 4) is 0 Å². The van der Waals surface area contributed by atoms with Gasteiger partial charge in [-0.3, -0.25) is 0 Å². The molecule has 0 bridgehead atoms. The van der Waals surface area contributed by atoms with Gasteiger partial charge in [0.05, 0.1) is 5.56 Å². The summed E-state index contributed by atoms with van der Waals surface area (Å²) in [6, 6.07) is 8.80. The first-order valence-electron chi connectivity index (χ1n) is 7.63. The summed E-state index contributed by atoms with van der Waals surface area (Å²) in [6.07, 6.45) is 3.30. The zero-order valence-corrected chi connectivity index (χ0v) is 13.3. The number of unbranched alkanes of at least 4 members (excludes halogenated alkanes) is 2. The Morgan fingerprint density at radius 2 is 1.86 bits per heavy atom. The number of carbonyl (C=O) groups excluding carboxylic acids is 2. The third kappa shape index (κ3) is 6.57. The summed E-state index contributed by atoms with van der Waals surface area (Å²) in [6.45, 7) is 7.29. The molecule has 1 aromatic carbocycles. The van der Waals surface area contributed by atoms with Crippen LogP contribution in [0.3, 0.4) is 0 Å². The van der Waals surface area contributed by atoms with Crippen LogP contribution in [-0.2, 0) is 14.3 Å². The van der Waals surface area contributed by atoms with Crippen LogP contribution in [0.15, 0.2) is 42.5 Å². The Labute approximate surface area is 132 Å². The maximum atomic E-state index is 12.1. The van der Waals surface area contributed by atoms with E-state index >= 15 is 0 Å². The van der Waals surface area contributed by atoms with Gasteiger partial charge in [0.15, 0.2) is 0 Å². The zero-order chi connectivity index (χ0) is 16.4. The smallest absolute Gasteiger partial charge is 0.338 e. The highest BCUT2D eigenvalue weighted by molar-refractivity contribution is 5.89. The lowest BCUT2D eigenvalue weighted by molar-refractivity contribution is -0.142. The lowest BCUT2D eigenvalue weighted by Gasteiger charge is -2.18. The summed E-state index contributed by atoms with van der Waals surface area (Å²) in [7, 11) is 0. The molecule has 4 heteroatoms. The summed E-state index contributed by atoms with van der Waals surface area (Å²) in [4.78, 5) is 23.6. The van der Waals surface area contributed by atoms with E-state index in [1.165, 1.54) is 0 Å². The average Bonchev–Trinajstić information content (AvgIpc) is 2.52. The van der Waals surface area contributed by atoms with Gasteiger partial charge in [-0.05, 0) is 31.9 Å². The van der Waals surface area contributed by atoms with Crippen molar-refractivity contribution >= 4 is 11.9 Å². The molecule has 0 amide bonds. The molecule has 4 nitrogen and oxygen atoms in total. The fourth-order valence-corrected chi connectivity index (χ4v) is 1.88. The van der Waals surface area contributed by atoms with Gasteiger partial charge >= 0.3 is 11.9 Å². The summed E-state index contributed by atoms with van der Waals surface area (Å²) < 4.78 is 10.6. The maximum absolute atomic E-state index is 12.1. The second-order valence-corrected chi connectivity index (χ2v) is 5.27. The molecule has 1 unspecified atom stereocenters. The van der Waals surface area contributed by atoms with Crippen molar-refractivity contribution in [2.45, 2.75) is 45.6 Å². The van der Waals surface area contributed by atoms with E-state index in [0.29, 0.717) is 17.6 Å². The molecule has 22 heavy (non-hydrogen) atoms. The van der Waals surface area contributed by atoms with Crippen molar-refractivity contribution in [1.29, 1.82) is 0 Å². The molecule has 120 valence electrons. The Hall–Kier alpha value is -2.10. The first-order valence-corrected chi connectivity index (χ1v) is 7.63. The van der Waals surface area contributed by atoms with Gasteiger partial charge in [0.25, 0.3) is 0 Å². The Morgan fingerprint density at radius 3 is 2.45 bits per heavy atom. The van der Waals surface area contributed by atoms with Gasteiger partial charge in [-0.2, -0.15) is 0 Å². The van der Waals surface area contributed by atoms with E-state index in [1.54, 1.807) is 31.2 Å². The largest absolute Gasteiger partial charge is 0.458 e. The standard InChI is InChI=1S/C18H24O4/c1-4-5-7-12-16(13-21-17(19)14(2)3)22-18(20)15-10-8-6-9-11-15/h6,8-11,16H,2,4-5,7,12-13H2,1,3H3. The topological polar surface area (TPSA) is 52.6 Å². The quantitative estimate of drug-likeness (QED) is 0.394. The van der Waals surface area contributed by atoms with Crippen LogP contribution in [0.1, 0.15) is 49.9 Å². The molecule has 0 saturated heterocycles. The van der Waals surface area contributed by atoms with E-state index in [1.807, 2.05) is 6.07 Å². The van der Waals surface area contributed by atoms with E-state index in [-0.39, 0.29) is 6.61 Å². The molecular weight excluding hydrogens is 280 g/mol. The zero-order valence-electron chi connectivity index (χ0n) is 13.3. The van der Waals surface area contributed by atoms with E-state index < -0.39 is 18.0 Å². The van der Waals surface area contributed by atoms with Crippen molar-refractivity contribution in [3.05, 3.63) is 48.0 Å². The van der Waals surface area contributed by atoms with Gasteiger partial charge in [0.1, 0.15) is 12.7 Å². The second kappa shape index (κ2) is 9.77. The Kier molecular flexibility index (Phi) is 7.97. The van der Waals surface area contributed by atoms with E-state index in [9.17, 15) is 9.59 Å². The highest BCUT2D eigenvalue weighted by Crippen LogP contribution is 2.11. The minimum Gasteiger partial charge on any atom is -0.458 e. The highest BCUT2D eigenvalue weighted by Gasteiger charge is 2.18. The van der Waals surface area contributed by atoms with Crippen molar-refractivity contribution in [2.24, 2.45) is 0 Å². The van der Waals surface area contributed by atoms with Crippen molar-refractivity contribution in [1.82, 2.24) is 0 Å². The lowest BCUT2D eigenvalue weighted by atomic mass is 10.1. The molecular formula is C18H24O4. The van der Waals surface area contributed by atoms with E-state index in [2.05, 4.69) is 13.5 Å². The fraction of sp³-hybridized carbons (Fsp3) is 0.444. The number of hydrogen-bond donors (Lipinski definition) is 0. The molecule has 0 aliphatic heterocycles. The molecule has 0 spiro atoms. The predicted octanol–water partition coefficient (Wildman–Crippen LogP) is 3.91. The molecule has 0 aliphatic carbocycles. The predicted molar refractivity (Wildman–Crippen MR) is 85.6 cm³/mol. The second-order valence-electron chi connectivity index (χ2n) is 5.27. The number of ether oxygens (including phenoxy) is 2. The summed E-state index contributed by atoms with van der Waals surface area (Å²) >= 11 is 0. The summed E-state index contributed by atoms with van der Waals surface area (Å²) in [5, 5.41) is 0. The molecule has 0 aromatic heterocycles. The number of carbonyl (C=O) groups is 2. The van der Waals surface area contributed by atoms with Crippen LogP contribution in [0.5, 0.6) is 0 Å². The molecule has 0 fully saturated rings. The fourth-order valence-electron chi connectivity index (χ4n) is 1.88. The minimum absolute atomic E-state index is 0.0635. The van der Waals surface area contributed by atoms with Crippen molar-refractivity contribution in [3.63, 3.8) is 0 Å². The summed E-state index contributed by atoms with van der Waals surface area (Å²) in [5.74, 6) is -0.857. The van der Waals surface area contributed by atoms with E-state index in [4.69, 9.17) is 9.47 Å². The normalized spacial score (nSPS) is 11.5. The van der Waals surface area contributed by atoms with Gasteiger partial charge in [0, 0.05) is 5.57 Å². The minimum atomic E-state index is -0.462. The SMILES string of the molecule is C=C(C)C(=O)OCC(CCCCC)OC(=O)c1ccccc1. The lowest BCUT2D eigenvalue weighted by Crippen LogP contribution is -2.25. The van der Waals surface area contributed by atoms with Gasteiger partial charge in [0.2, 0.25) is 0 Å². The molecule has 1 aromatic rings. The van der Waals surface area contributed by atoms with Gasteiger partial charge in [-0.25, -0.2) is 9.59 Å². The van der Waals surface area contributed by atoms with Crippen LogP contribution in [-0.4, -0.2) is 24.6 Å². The van der Waals surface area contributed by atoms with Gasteiger partial charge in [-0.15, -0.1) is 0 Å². The van der Waals surface area contributed by atoms with Crippen LogP contribution in [0, 0.1) is 0 Å². The van der Waals surface area contributed by atoms with Gasteiger partial charge in [-0.1, -0.05) is 44.5 Å². The Morgan fingerprint density at radius 1 is 1.18 bits per heavy atom. The van der Waals surface area contributed by atoms with Crippen LogP contribution >= 0.6 is 0 Å². The third-order valence-corrected chi connectivity index (χ3v) is 3.16. The van der Waals surface area contributed by atoms with Crippen LogP contribution in [0.2, 0.25) is 0 Å². The molecule has 0 saturated carbocycles. The molecule has 0 radical (unpaired) electrons. The Bertz CT molecular complexity index is 493. The number of rotatable bonds is 9. The third-order valence-electron chi connectivity index (χ3n) is 3.16. The first kappa shape index (κ1) is 18.0. The average molecular weight is 304 g/mol. The molecule has 0 aliphatic rings. The van der Waals surface area contributed by atoms with Crippen LogP contribution in [0.25, 0.3) is 0 Å². The van der Waals surface area contributed by atoms with Gasteiger partial charge < -0.3 is 9.47 Å². The maximum Gasteiger partial charge on any atom is 0.338 e. The number of hydrogen-bond acceptors (Lipinski definition) is 4. The molecule has 0 N–H and O–H groups in total. The van der Waals surface area contributed by atoms with Crippen LogP contribution in [0.4, 0.5) is 0 Å². The van der Waals surface area contributed by atoms with E-state index in [0.717, 1.165) is 19.3 Å². The first-order chi connectivity index (χ1) is 10.5. The molecule has 0 heterocycles. The Balaban J connectivity index is 2.58. The number of benzene rings is 1. The van der Waals surface area contributed by atoms with Crippen LogP contribution < -0.4 is 0 Å². The van der Waals surface area contributed by atoms with Crippen molar-refractivity contribution in [2.75, 3.05) is 6.61 Å². The van der Waals surface area contributed by atoms with Crippen molar-refractivity contribution < 1.29 is 19.1 Å². The summed E-state index contributed by atoms with van der Waals surface area (Å²) in [5.41, 5.74) is 0.830. The highest BCUT2D eigenvalue weighted by atomic mass is 16.6. The monoisotopic (exact) mass is 304 g/mol. The molecule has 1 atom stereocenters.